The summed E-state index contributed by atoms with van der Waals surface area (Å²) in [6.45, 7) is 2.35. The van der Waals surface area contributed by atoms with Gasteiger partial charge < -0.3 is 10.1 Å². The lowest BCUT2D eigenvalue weighted by Gasteiger charge is -2.08. The van der Waals surface area contributed by atoms with E-state index in [1.165, 1.54) is 0 Å². The molecule has 1 rings (SSSR count). The fourth-order valence-corrected chi connectivity index (χ4v) is 1.33. The smallest absolute Gasteiger partial charge is 0.366 e. The number of hydrogen-bond acceptors (Lipinski definition) is 3. The van der Waals surface area contributed by atoms with Crippen LogP contribution in [0.1, 0.15) is 24.6 Å². The van der Waals surface area contributed by atoms with Crippen LogP contribution in [-0.2, 0) is 17.9 Å². The maximum atomic E-state index is 11.8. The summed E-state index contributed by atoms with van der Waals surface area (Å²) < 4.78 is 40.0. The van der Waals surface area contributed by atoms with Gasteiger partial charge in [0.15, 0.2) is 0 Å². The van der Waals surface area contributed by atoms with E-state index in [1.807, 2.05) is 6.07 Å². The summed E-state index contributed by atoms with van der Waals surface area (Å²) in [7, 11) is 0. The van der Waals surface area contributed by atoms with Gasteiger partial charge in [0.2, 0.25) is 0 Å². The third-order valence-corrected chi connectivity index (χ3v) is 2.16. The molecule has 102 valence electrons. The molecule has 1 heterocycles. The summed E-state index contributed by atoms with van der Waals surface area (Å²) in [5.41, 5.74) is 1.50. The van der Waals surface area contributed by atoms with Gasteiger partial charge in [-0.25, -0.2) is 0 Å². The predicted octanol–water partition coefficient (Wildman–Crippen LogP) is 2.66. The molecule has 0 saturated carbocycles. The van der Waals surface area contributed by atoms with Crippen LogP contribution in [0.2, 0.25) is 0 Å². The zero-order valence-electron chi connectivity index (χ0n) is 10.3. The standard InChI is InChI=1S/C12H17F3N2O/c1-2-5-16-6-10-3-4-11(17-7-10)8-18-9-12(13,14)15/h3-4,7,16H,2,5-6,8-9H2,1H3. The van der Waals surface area contributed by atoms with Crippen molar-refractivity contribution in [1.82, 2.24) is 10.3 Å². The maximum absolute atomic E-state index is 11.8. The predicted molar refractivity (Wildman–Crippen MR) is 61.9 cm³/mol. The van der Waals surface area contributed by atoms with E-state index in [0.29, 0.717) is 12.2 Å². The quantitative estimate of drug-likeness (QED) is 0.767. The fraction of sp³-hybridized carbons (Fsp3) is 0.583. The van der Waals surface area contributed by atoms with Crippen LogP contribution in [0.15, 0.2) is 18.3 Å². The van der Waals surface area contributed by atoms with Crippen molar-refractivity contribution < 1.29 is 17.9 Å². The highest BCUT2D eigenvalue weighted by Crippen LogP contribution is 2.15. The van der Waals surface area contributed by atoms with Crippen LogP contribution in [0.5, 0.6) is 0 Å². The second-order valence-corrected chi connectivity index (χ2v) is 3.94. The first-order valence-corrected chi connectivity index (χ1v) is 5.80. The molecular formula is C12H17F3N2O. The molecule has 1 N–H and O–H groups in total. The number of nitrogens with zero attached hydrogens (tertiary/aromatic N) is 1. The Labute approximate surface area is 104 Å². The van der Waals surface area contributed by atoms with E-state index in [4.69, 9.17) is 0 Å². The van der Waals surface area contributed by atoms with Gasteiger partial charge in [-0.1, -0.05) is 13.0 Å². The lowest BCUT2D eigenvalue weighted by Crippen LogP contribution is -2.17. The van der Waals surface area contributed by atoms with Crippen molar-refractivity contribution in [2.24, 2.45) is 0 Å². The lowest BCUT2D eigenvalue weighted by molar-refractivity contribution is -0.176. The van der Waals surface area contributed by atoms with Crippen LogP contribution < -0.4 is 5.32 Å². The third kappa shape index (κ3) is 6.56. The van der Waals surface area contributed by atoms with Gasteiger partial charge in [0, 0.05) is 12.7 Å². The van der Waals surface area contributed by atoms with Gasteiger partial charge in [-0.3, -0.25) is 4.98 Å². The average Bonchev–Trinajstić information content (AvgIpc) is 2.30. The normalized spacial score (nSPS) is 11.8. The average molecular weight is 262 g/mol. The van der Waals surface area contributed by atoms with Crippen molar-refractivity contribution in [2.45, 2.75) is 32.7 Å². The Morgan fingerprint density at radius 1 is 1.33 bits per heavy atom. The molecule has 0 aromatic carbocycles. The molecule has 6 heteroatoms. The number of halogens is 3. The van der Waals surface area contributed by atoms with Gasteiger partial charge in [0.05, 0.1) is 12.3 Å². The Kier molecular flexibility index (Phi) is 6.07. The van der Waals surface area contributed by atoms with Gasteiger partial charge >= 0.3 is 6.18 Å². The first-order chi connectivity index (χ1) is 8.51. The molecule has 0 aliphatic rings. The minimum atomic E-state index is -4.29. The summed E-state index contributed by atoms with van der Waals surface area (Å²) in [5.74, 6) is 0. The highest BCUT2D eigenvalue weighted by Gasteiger charge is 2.27. The van der Waals surface area contributed by atoms with Crippen molar-refractivity contribution in [3.63, 3.8) is 0 Å². The molecule has 0 amide bonds. The van der Waals surface area contributed by atoms with E-state index in [1.54, 1.807) is 12.3 Å². The van der Waals surface area contributed by atoms with Crippen LogP contribution in [0, 0.1) is 0 Å². The second-order valence-electron chi connectivity index (χ2n) is 3.94. The van der Waals surface area contributed by atoms with Crippen LogP contribution in [0.3, 0.4) is 0 Å². The van der Waals surface area contributed by atoms with Crippen LogP contribution in [-0.4, -0.2) is 24.3 Å². The Morgan fingerprint density at radius 2 is 2.11 bits per heavy atom. The first kappa shape index (κ1) is 14.9. The monoisotopic (exact) mass is 262 g/mol. The van der Waals surface area contributed by atoms with E-state index in [9.17, 15) is 13.2 Å². The molecule has 1 aromatic heterocycles. The Balaban J connectivity index is 2.31. The molecule has 0 radical (unpaired) electrons. The summed E-state index contributed by atoms with van der Waals surface area (Å²) in [6, 6.07) is 3.52. The Hall–Kier alpha value is -1.14. The molecule has 0 fully saturated rings. The van der Waals surface area contributed by atoms with E-state index in [0.717, 1.165) is 18.5 Å². The van der Waals surface area contributed by atoms with E-state index in [2.05, 4.69) is 22.0 Å². The van der Waals surface area contributed by atoms with Gasteiger partial charge in [0.1, 0.15) is 6.61 Å². The van der Waals surface area contributed by atoms with Crippen molar-refractivity contribution >= 4 is 0 Å². The van der Waals surface area contributed by atoms with Crippen molar-refractivity contribution in [1.29, 1.82) is 0 Å². The fourth-order valence-electron chi connectivity index (χ4n) is 1.33. The second kappa shape index (κ2) is 7.33. The first-order valence-electron chi connectivity index (χ1n) is 5.80. The molecule has 0 aliphatic heterocycles. The number of pyridine rings is 1. The van der Waals surface area contributed by atoms with E-state index < -0.39 is 12.8 Å². The van der Waals surface area contributed by atoms with Gasteiger partial charge in [-0.05, 0) is 24.6 Å². The molecule has 0 bridgehead atoms. The number of ether oxygens (including phenoxy) is 1. The van der Waals surface area contributed by atoms with Crippen LogP contribution in [0.4, 0.5) is 13.2 Å². The van der Waals surface area contributed by atoms with Crippen LogP contribution in [0.25, 0.3) is 0 Å². The number of nitrogens with one attached hydrogen (secondary N) is 1. The summed E-state index contributed by atoms with van der Waals surface area (Å²) in [6.07, 6.45) is -1.59. The summed E-state index contributed by atoms with van der Waals surface area (Å²) in [4.78, 5) is 4.04. The number of rotatable bonds is 7. The summed E-state index contributed by atoms with van der Waals surface area (Å²) in [5, 5.41) is 3.21. The van der Waals surface area contributed by atoms with Crippen molar-refractivity contribution in [3.8, 4) is 0 Å². The minimum Gasteiger partial charge on any atom is -0.366 e. The lowest BCUT2D eigenvalue weighted by atomic mass is 10.2. The van der Waals surface area contributed by atoms with Crippen molar-refractivity contribution in [3.05, 3.63) is 29.6 Å². The number of aromatic nitrogens is 1. The molecule has 3 nitrogen and oxygen atoms in total. The Morgan fingerprint density at radius 3 is 2.67 bits per heavy atom. The van der Waals surface area contributed by atoms with Crippen LogP contribution >= 0.6 is 0 Å². The SMILES string of the molecule is CCCNCc1ccc(COCC(F)(F)F)nc1. The molecule has 0 saturated heterocycles. The molecule has 1 aromatic rings. The molecule has 0 spiro atoms. The zero-order chi connectivity index (χ0) is 13.4. The summed E-state index contributed by atoms with van der Waals surface area (Å²) >= 11 is 0. The van der Waals surface area contributed by atoms with E-state index in [-0.39, 0.29) is 6.61 Å². The topological polar surface area (TPSA) is 34.1 Å². The zero-order valence-corrected chi connectivity index (χ0v) is 10.3. The van der Waals surface area contributed by atoms with E-state index >= 15 is 0 Å². The molecule has 18 heavy (non-hydrogen) atoms. The largest absolute Gasteiger partial charge is 0.411 e. The highest BCUT2D eigenvalue weighted by molar-refractivity contribution is 5.13. The minimum absolute atomic E-state index is 0.123. The van der Waals surface area contributed by atoms with Gasteiger partial charge in [0.25, 0.3) is 0 Å². The number of hydrogen-bond donors (Lipinski definition) is 1. The molecule has 0 unspecified atom stereocenters. The van der Waals surface area contributed by atoms with Gasteiger partial charge in [-0.15, -0.1) is 0 Å². The molecular weight excluding hydrogens is 245 g/mol. The maximum Gasteiger partial charge on any atom is 0.411 e. The van der Waals surface area contributed by atoms with Crippen molar-refractivity contribution in [2.75, 3.05) is 13.2 Å². The third-order valence-electron chi connectivity index (χ3n) is 2.16. The molecule has 0 aliphatic carbocycles. The Bertz CT molecular complexity index is 338. The molecule has 0 atom stereocenters. The highest BCUT2D eigenvalue weighted by atomic mass is 19.4. The number of alkyl halides is 3. The van der Waals surface area contributed by atoms with Gasteiger partial charge in [-0.2, -0.15) is 13.2 Å².